The van der Waals surface area contributed by atoms with Crippen molar-refractivity contribution < 1.29 is 19.7 Å². The molecule has 0 radical (unpaired) electrons. The summed E-state index contributed by atoms with van der Waals surface area (Å²) < 4.78 is 4.61. The van der Waals surface area contributed by atoms with Gasteiger partial charge in [0.25, 0.3) is 0 Å². The highest BCUT2D eigenvalue weighted by molar-refractivity contribution is 5.68. The molecule has 4 heteroatoms. The second kappa shape index (κ2) is 14.9. The zero-order valence-electron chi connectivity index (χ0n) is 15.3. The van der Waals surface area contributed by atoms with Crippen LogP contribution < -0.4 is 0 Å². The number of unbranched alkanes of at least 4 members (excludes halogenated alkanes) is 10. The van der Waals surface area contributed by atoms with Crippen LogP contribution in [-0.2, 0) is 9.53 Å². The summed E-state index contributed by atoms with van der Waals surface area (Å²) in [5.41, 5.74) is 0. The lowest BCUT2D eigenvalue weighted by atomic mass is 9.99. The molecule has 23 heavy (non-hydrogen) atoms. The van der Waals surface area contributed by atoms with Gasteiger partial charge in [-0.3, -0.25) is 4.79 Å². The predicted molar refractivity (Wildman–Crippen MR) is 94.1 cm³/mol. The van der Waals surface area contributed by atoms with Crippen LogP contribution in [0, 0.1) is 0 Å². The molecule has 0 saturated heterocycles. The Kier molecular flexibility index (Phi) is 14.6. The maximum absolute atomic E-state index is 10.9. The second-order valence-electron chi connectivity index (χ2n) is 6.70. The summed E-state index contributed by atoms with van der Waals surface area (Å²) in [7, 11) is 1.43. The SMILES string of the molecule is CCCCCCC(O)(O)CCCCCCCCCCC(=O)OC. The minimum Gasteiger partial charge on any atom is -0.469 e. The molecule has 0 heterocycles. The van der Waals surface area contributed by atoms with Gasteiger partial charge < -0.3 is 14.9 Å². The van der Waals surface area contributed by atoms with Crippen LogP contribution in [0.5, 0.6) is 0 Å². The minimum atomic E-state index is -1.46. The number of rotatable bonds is 16. The summed E-state index contributed by atoms with van der Waals surface area (Å²) in [6.07, 6.45) is 14.6. The predicted octanol–water partition coefficient (Wildman–Crippen LogP) is 4.71. The Morgan fingerprint density at radius 2 is 1.22 bits per heavy atom. The Morgan fingerprint density at radius 3 is 1.70 bits per heavy atom. The maximum atomic E-state index is 10.9. The largest absolute Gasteiger partial charge is 0.469 e. The van der Waals surface area contributed by atoms with Crippen LogP contribution >= 0.6 is 0 Å². The fourth-order valence-electron chi connectivity index (χ4n) is 2.80. The molecule has 138 valence electrons. The van der Waals surface area contributed by atoms with Crippen molar-refractivity contribution in [3.8, 4) is 0 Å². The van der Waals surface area contributed by atoms with Crippen molar-refractivity contribution in [3.05, 3.63) is 0 Å². The van der Waals surface area contributed by atoms with Crippen LogP contribution in [0.15, 0.2) is 0 Å². The molecular formula is C19H38O4. The lowest BCUT2D eigenvalue weighted by molar-refractivity contribution is -0.172. The summed E-state index contributed by atoms with van der Waals surface area (Å²) in [4.78, 5) is 10.9. The van der Waals surface area contributed by atoms with E-state index < -0.39 is 5.79 Å². The Balaban J connectivity index is 3.32. The molecule has 0 aliphatic rings. The highest BCUT2D eigenvalue weighted by Gasteiger charge is 2.21. The number of ether oxygens (including phenoxy) is 1. The smallest absolute Gasteiger partial charge is 0.305 e. The number of hydrogen-bond donors (Lipinski definition) is 2. The third-order valence-electron chi connectivity index (χ3n) is 4.37. The first-order chi connectivity index (χ1) is 11.0. The van der Waals surface area contributed by atoms with Crippen LogP contribution in [0.2, 0.25) is 0 Å². The molecule has 0 bridgehead atoms. The van der Waals surface area contributed by atoms with E-state index in [1.165, 1.54) is 39.2 Å². The van der Waals surface area contributed by atoms with Crippen molar-refractivity contribution in [2.75, 3.05) is 7.11 Å². The molecule has 0 fully saturated rings. The summed E-state index contributed by atoms with van der Waals surface area (Å²) >= 11 is 0. The van der Waals surface area contributed by atoms with Crippen molar-refractivity contribution in [2.24, 2.45) is 0 Å². The Labute approximate surface area is 142 Å². The zero-order valence-corrected chi connectivity index (χ0v) is 15.3. The molecule has 2 N–H and O–H groups in total. The maximum Gasteiger partial charge on any atom is 0.305 e. The van der Waals surface area contributed by atoms with Gasteiger partial charge in [0.1, 0.15) is 0 Å². The number of esters is 1. The summed E-state index contributed by atoms with van der Waals surface area (Å²) in [6, 6.07) is 0. The van der Waals surface area contributed by atoms with Gasteiger partial charge in [-0.2, -0.15) is 0 Å². The third-order valence-corrected chi connectivity index (χ3v) is 4.37. The van der Waals surface area contributed by atoms with Crippen molar-refractivity contribution in [3.63, 3.8) is 0 Å². The van der Waals surface area contributed by atoms with Crippen LogP contribution in [-0.4, -0.2) is 29.1 Å². The van der Waals surface area contributed by atoms with Crippen molar-refractivity contribution in [2.45, 2.75) is 109 Å². The average molecular weight is 331 g/mol. The van der Waals surface area contributed by atoms with Crippen LogP contribution in [0.3, 0.4) is 0 Å². The topological polar surface area (TPSA) is 66.8 Å². The lowest BCUT2D eigenvalue weighted by Gasteiger charge is -2.21. The molecule has 0 spiro atoms. The van der Waals surface area contributed by atoms with Gasteiger partial charge in [-0.05, 0) is 19.3 Å². The van der Waals surface area contributed by atoms with E-state index in [-0.39, 0.29) is 5.97 Å². The molecule has 0 aliphatic carbocycles. The van der Waals surface area contributed by atoms with Crippen molar-refractivity contribution >= 4 is 5.97 Å². The Hall–Kier alpha value is -0.610. The third kappa shape index (κ3) is 16.0. The van der Waals surface area contributed by atoms with E-state index in [0.717, 1.165) is 44.9 Å². The van der Waals surface area contributed by atoms with E-state index in [9.17, 15) is 15.0 Å². The van der Waals surface area contributed by atoms with E-state index in [1.54, 1.807) is 0 Å². The molecule has 0 aliphatic heterocycles. The van der Waals surface area contributed by atoms with E-state index >= 15 is 0 Å². The van der Waals surface area contributed by atoms with Crippen LogP contribution in [0.25, 0.3) is 0 Å². The van der Waals surface area contributed by atoms with E-state index in [1.807, 2.05) is 0 Å². The minimum absolute atomic E-state index is 0.115. The van der Waals surface area contributed by atoms with E-state index in [2.05, 4.69) is 11.7 Å². The first kappa shape index (κ1) is 22.4. The monoisotopic (exact) mass is 330 g/mol. The van der Waals surface area contributed by atoms with E-state index in [0.29, 0.717) is 19.3 Å². The highest BCUT2D eigenvalue weighted by atomic mass is 16.5. The molecular weight excluding hydrogens is 292 g/mol. The van der Waals surface area contributed by atoms with Gasteiger partial charge in [-0.15, -0.1) is 0 Å². The Bertz CT molecular complexity index is 277. The van der Waals surface area contributed by atoms with Crippen LogP contribution in [0.1, 0.15) is 103 Å². The normalized spacial score (nSPS) is 11.7. The summed E-state index contributed by atoms with van der Waals surface area (Å²) in [5.74, 6) is -1.57. The molecule has 0 saturated carbocycles. The number of carbonyl (C=O) groups is 1. The number of hydrogen-bond acceptors (Lipinski definition) is 4. The molecule has 0 amide bonds. The van der Waals surface area contributed by atoms with Gasteiger partial charge in [0, 0.05) is 19.3 Å². The molecule has 0 aromatic rings. The zero-order chi connectivity index (χ0) is 17.4. The quantitative estimate of drug-likeness (QED) is 0.244. The number of aliphatic hydroxyl groups is 2. The first-order valence-corrected chi connectivity index (χ1v) is 9.53. The van der Waals surface area contributed by atoms with Gasteiger partial charge in [0.2, 0.25) is 0 Å². The summed E-state index contributed by atoms with van der Waals surface area (Å²) in [5, 5.41) is 19.8. The van der Waals surface area contributed by atoms with Gasteiger partial charge >= 0.3 is 5.97 Å². The second-order valence-corrected chi connectivity index (χ2v) is 6.70. The fraction of sp³-hybridized carbons (Fsp3) is 0.947. The Morgan fingerprint density at radius 1 is 0.783 bits per heavy atom. The van der Waals surface area contributed by atoms with Crippen molar-refractivity contribution in [1.29, 1.82) is 0 Å². The van der Waals surface area contributed by atoms with Crippen molar-refractivity contribution in [1.82, 2.24) is 0 Å². The molecule has 0 atom stereocenters. The number of carbonyl (C=O) groups excluding carboxylic acids is 1. The highest BCUT2D eigenvalue weighted by Crippen LogP contribution is 2.20. The van der Waals surface area contributed by atoms with E-state index in [4.69, 9.17) is 0 Å². The lowest BCUT2D eigenvalue weighted by Crippen LogP contribution is -2.27. The number of methoxy groups -OCH3 is 1. The molecule has 0 unspecified atom stereocenters. The van der Waals surface area contributed by atoms with Gasteiger partial charge in [-0.1, -0.05) is 64.7 Å². The van der Waals surface area contributed by atoms with Crippen LogP contribution in [0.4, 0.5) is 0 Å². The standard InChI is InChI=1S/C19H38O4/c1-3-4-5-13-16-19(21,22)17-14-11-9-7-6-8-10-12-15-18(20)23-2/h21-22H,3-17H2,1-2H3. The molecule has 0 aromatic carbocycles. The molecule has 0 aromatic heterocycles. The molecule has 0 rings (SSSR count). The van der Waals surface area contributed by atoms with Gasteiger partial charge in [0.15, 0.2) is 5.79 Å². The van der Waals surface area contributed by atoms with Gasteiger partial charge in [-0.25, -0.2) is 0 Å². The average Bonchev–Trinajstić information content (AvgIpc) is 2.53. The summed E-state index contributed by atoms with van der Waals surface area (Å²) in [6.45, 7) is 2.16. The van der Waals surface area contributed by atoms with Gasteiger partial charge in [0.05, 0.1) is 7.11 Å². The fourth-order valence-corrected chi connectivity index (χ4v) is 2.80. The molecule has 4 nitrogen and oxygen atoms in total. The first-order valence-electron chi connectivity index (χ1n) is 9.53.